The molecule has 18 heavy (non-hydrogen) atoms. The van der Waals surface area contributed by atoms with Crippen LogP contribution in [0.1, 0.15) is 13.8 Å². The van der Waals surface area contributed by atoms with Gasteiger partial charge in [-0.25, -0.2) is 13.1 Å². The maximum absolute atomic E-state index is 12.0. The molecule has 0 radical (unpaired) electrons. The first-order valence-corrected chi connectivity index (χ1v) is 7.51. The molecule has 0 aliphatic rings. The van der Waals surface area contributed by atoms with Crippen molar-refractivity contribution in [1.29, 1.82) is 0 Å². The Morgan fingerprint density at radius 2 is 2.00 bits per heavy atom. The van der Waals surface area contributed by atoms with Crippen LogP contribution in [0.2, 0.25) is 5.02 Å². The predicted molar refractivity (Wildman–Crippen MR) is 79.9 cm³/mol. The molecule has 1 aromatic rings. The topological polar surface area (TPSA) is 72.2 Å². The van der Waals surface area contributed by atoms with Crippen LogP contribution in [-0.4, -0.2) is 20.5 Å². The Balaban J connectivity index is 0.00000289. The van der Waals surface area contributed by atoms with Crippen molar-refractivity contribution in [3.8, 4) is 0 Å². The standard InChI is InChI=1S/C10H14BrClN2O2S.ClH/c1-10(2,13)6-14-17(15,16)9-5-7(11)3-4-8(9)12;/h3-5,14H,6,13H2,1-2H3;1H. The summed E-state index contributed by atoms with van der Waals surface area (Å²) in [6.45, 7) is 3.61. The van der Waals surface area contributed by atoms with Gasteiger partial charge < -0.3 is 5.73 Å². The average Bonchev–Trinajstić information content (AvgIpc) is 2.18. The fraction of sp³-hybridized carbons (Fsp3) is 0.400. The van der Waals surface area contributed by atoms with E-state index in [0.717, 1.165) is 0 Å². The Morgan fingerprint density at radius 1 is 1.44 bits per heavy atom. The normalized spacial score (nSPS) is 12.1. The summed E-state index contributed by atoms with van der Waals surface area (Å²) in [6.07, 6.45) is 0. The Hall–Kier alpha value is 0.150. The molecule has 0 saturated carbocycles. The zero-order valence-electron chi connectivity index (χ0n) is 9.91. The van der Waals surface area contributed by atoms with Crippen LogP contribution in [0.25, 0.3) is 0 Å². The largest absolute Gasteiger partial charge is 0.324 e. The molecule has 0 spiro atoms. The molecular formula is C10H15BrCl2N2O2S. The number of sulfonamides is 1. The van der Waals surface area contributed by atoms with E-state index in [1.165, 1.54) is 12.1 Å². The third kappa shape index (κ3) is 5.42. The van der Waals surface area contributed by atoms with E-state index in [2.05, 4.69) is 20.7 Å². The quantitative estimate of drug-likeness (QED) is 0.846. The van der Waals surface area contributed by atoms with Crippen molar-refractivity contribution in [2.45, 2.75) is 24.3 Å². The number of rotatable bonds is 4. The van der Waals surface area contributed by atoms with Crippen LogP contribution in [0.15, 0.2) is 27.6 Å². The molecule has 0 aliphatic heterocycles. The summed E-state index contributed by atoms with van der Waals surface area (Å²) in [4.78, 5) is 0.0396. The Bertz CT molecular complexity index is 515. The van der Waals surface area contributed by atoms with Gasteiger partial charge in [-0.1, -0.05) is 27.5 Å². The highest BCUT2D eigenvalue weighted by Gasteiger charge is 2.21. The van der Waals surface area contributed by atoms with Gasteiger partial charge in [-0.15, -0.1) is 12.4 Å². The minimum Gasteiger partial charge on any atom is -0.324 e. The smallest absolute Gasteiger partial charge is 0.242 e. The molecular weight excluding hydrogens is 363 g/mol. The fourth-order valence-corrected chi connectivity index (χ4v) is 3.30. The van der Waals surface area contributed by atoms with Gasteiger partial charge in [-0.2, -0.15) is 0 Å². The molecule has 8 heteroatoms. The number of hydrogen-bond acceptors (Lipinski definition) is 3. The maximum atomic E-state index is 12.0. The van der Waals surface area contributed by atoms with Crippen LogP contribution in [0.5, 0.6) is 0 Å². The van der Waals surface area contributed by atoms with E-state index in [9.17, 15) is 8.42 Å². The van der Waals surface area contributed by atoms with Crippen molar-refractivity contribution < 1.29 is 8.42 Å². The molecule has 0 fully saturated rings. The van der Waals surface area contributed by atoms with Crippen LogP contribution < -0.4 is 10.5 Å². The molecule has 0 unspecified atom stereocenters. The van der Waals surface area contributed by atoms with Crippen molar-refractivity contribution in [2.75, 3.05) is 6.54 Å². The van der Waals surface area contributed by atoms with E-state index in [0.29, 0.717) is 4.47 Å². The molecule has 0 saturated heterocycles. The molecule has 0 amide bonds. The lowest BCUT2D eigenvalue weighted by atomic mass is 10.1. The molecule has 0 atom stereocenters. The summed E-state index contributed by atoms with van der Waals surface area (Å²) in [7, 11) is -3.64. The van der Waals surface area contributed by atoms with Gasteiger partial charge in [-0.3, -0.25) is 0 Å². The van der Waals surface area contributed by atoms with Gasteiger partial charge in [0.2, 0.25) is 10.0 Å². The number of halogens is 3. The summed E-state index contributed by atoms with van der Waals surface area (Å²) in [5.74, 6) is 0. The van der Waals surface area contributed by atoms with Crippen molar-refractivity contribution in [1.82, 2.24) is 4.72 Å². The van der Waals surface area contributed by atoms with E-state index >= 15 is 0 Å². The maximum Gasteiger partial charge on any atom is 0.242 e. The minimum atomic E-state index is -3.64. The van der Waals surface area contributed by atoms with Gasteiger partial charge in [0.05, 0.1) is 5.02 Å². The van der Waals surface area contributed by atoms with Crippen LogP contribution in [0.3, 0.4) is 0 Å². The molecule has 0 bridgehead atoms. The first-order valence-electron chi connectivity index (χ1n) is 4.85. The van der Waals surface area contributed by atoms with Gasteiger partial charge >= 0.3 is 0 Å². The van der Waals surface area contributed by atoms with Crippen LogP contribution in [0.4, 0.5) is 0 Å². The SMILES string of the molecule is CC(C)(N)CNS(=O)(=O)c1cc(Br)ccc1Cl.Cl. The first-order chi connectivity index (χ1) is 7.62. The van der Waals surface area contributed by atoms with E-state index in [4.69, 9.17) is 17.3 Å². The summed E-state index contributed by atoms with van der Waals surface area (Å²) in [5, 5.41) is 0.176. The van der Waals surface area contributed by atoms with Gasteiger partial charge in [0.25, 0.3) is 0 Å². The monoisotopic (exact) mass is 376 g/mol. The highest BCUT2D eigenvalue weighted by Crippen LogP contribution is 2.25. The number of benzene rings is 1. The van der Waals surface area contributed by atoms with E-state index in [1.807, 2.05) is 0 Å². The fourth-order valence-electron chi connectivity index (χ4n) is 1.04. The number of nitrogens with one attached hydrogen (secondary N) is 1. The third-order valence-corrected chi connectivity index (χ3v) is 4.28. The van der Waals surface area contributed by atoms with Crippen LogP contribution in [-0.2, 0) is 10.0 Å². The van der Waals surface area contributed by atoms with Crippen molar-refractivity contribution in [2.24, 2.45) is 5.73 Å². The molecule has 1 rings (SSSR count). The van der Waals surface area contributed by atoms with Crippen molar-refractivity contribution >= 4 is 50.0 Å². The number of nitrogens with two attached hydrogens (primary N) is 1. The summed E-state index contributed by atoms with van der Waals surface area (Å²) in [6, 6.07) is 4.65. The number of hydrogen-bond donors (Lipinski definition) is 2. The lowest BCUT2D eigenvalue weighted by molar-refractivity contribution is 0.498. The Morgan fingerprint density at radius 3 is 2.50 bits per heavy atom. The van der Waals surface area contributed by atoms with Crippen LogP contribution in [0, 0.1) is 0 Å². The zero-order chi connectivity index (χ0) is 13.3. The lowest BCUT2D eigenvalue weighted by Crippen LogP contribution is -2.45. The molecule has 104 valence electrons. The van der Waals surface area contributed by atoms with Crippen molar-refractivity contribution in [3.63, 3.8) is 0 Å². The third-order valence-electron chi connectivity index (χ3n) is 1.90. The summed E-state index contributed by atoms with van der Waals surface area (Å²) < 4.78 is 27.0. The van der Waals surface area contributed by atoms with Crippen molar-refractivity contribution in [3.05, 3.63) is 27.7 Å². The minimum absolute atomic E-state index is 0. The molecule has 0 heterocycles. The molecule has 4 nitrogen and oxygen atoms in total. The average molecular weight is 378 g/mol. The van der Waals surface area contributed by atoms with Gasteiger partial charge in [0.15, 0.2) is 0 Å². The van der Waals surface area contributed by atoms with Gasteiger partial charge in [-0.05, 0) is 32.0 Å². The van der Waals surface area contributed by atoms with E-state index < -0.39 is 15.6 Å². The zero-order valence-corrected chi connectivity index (χ0v) is 13.9. The highest BCUT2D eigenvalue weighted by molar-refractivity contribution is 9.10. The second kappa shape index (κ2) is 6.54. The second-order valence-electron chi connectivity index (χ2n) is 4.39. The van der Waals surface area contributed by atoms with Crippen LogP contribution >= 0.6 is 39.9 Å². The van der Waals surface area contributed by atoms with Gasteiger partial charge in [0.1, 0.15) is 4.90 Å². The second-order valence-corrected chi connectivity index (χ2v) is 7.45. The molecule has 1 aromatic carbocycles. The first kappa shape index (κ1) is 18.1. The summed E-state index contributed by atoms with van der Waals surface area (Å²) in [5.41, 5.74) is 5.10. The van der Waals surface area contributed by atoms with E-state index in [-0.39, 0.29) is 28.9 Å². The molecule has 0 aromatic heterocycles. The molecule has 3 N–H and O–H groups in total. The lowest BCUT2D eigenvalue weighted by Gasteiger charge is -2.19. The Kier molecular flexibility index (Phi) is 6.60. The molecule has 0 aliphatic carbocycles. The van der Waals surface area contributed by atoms with E-state index in [1.54, 1.807) is 19.9 Å². The predicted octanol–water partition coefficient (Wildman–Crippen LogP) is 2.54. The van der Waals surface area contributed by atoms with Gasteiger partial charge in [0, 0.05) is 16.6 Å². The Labute approximate surface area is 127 Å². The highest BCUT2D eigenvalue weighted by atomic mass is 79.9. The summed E-state index contributed by atoms with van der Waals surface area (Å²) >= 11 is 9.06.